The van der Waals surface area contributed by atoms with Crippen molar-refractivity contribution in [2.24, 2.45) is 5.92 Å². The van der Waals surface area contributed by atoms with E-state index in [-0.39, 0.29) is 0 Å². The molecule has 5 aliphatic rings. The molecule has 4 unspecified atom stereocenters. The standard InChI is InChI=1S/C42H43N3/c1-4-14-31(15-5-1)32-26-28-36(29-27-32)44(35-19-8-3-9-20-35)40-24-13-25-41-42(40)38-22-10-11-23-39(38)45(41)37-21-12-18-34(30-37)43-33-16-6-2-7-17-33/h1-8,12-19,21,25-26,28-30,32,40-43H,9-11,20,22-24,27H2. The Morgan fingerprint density at radius 1 is 0.756 bits per heavy atom. The van der Waals surface area contributed by atoms with Crippen LogP contribution in [0.3, 0.4) is 0 Å². The summed E-state index contributed by atoms with van der Waals surface area (Å²) in [6.45, 7) is 0. The Labute approximate surface area is 268 Å². The molecule has 0 fully saturated rings. The zero-order valence-electron chi connectivity index (χ0n) is 26.1. The summed E-state index contributed by atoms with van der Waals surface area (Å²) in [5, 5.41) is 3.64. The molecule has 0 amide bonds. The molecular formula is C42H43N3. The van der Waals surface area contributed by atoms with E-state index in [1.165, 1.54) is 48.3 Å². The molecule has 0 radical (unpaired) electrons. The van der Waals surface area contributed by atoms with Gasteiger partial charge in [0.05, 0.1) is 6.04 Å². The molecule has 3 nitrogen and oxygen atoms in total. The Morgan fingerprint density at radius 2 is 1.58 bits per heavy atom. The van der Waals surface area contributed by atoms with Crippen LogP contribution >= 0.6 is 0 Å². The van der Waals surface area contributed by atoms with Crippen molar-refractivity contribution >= 4 is 17.1 Å². The summed E-state index contributed by atoms with van der Waals surface area (Å²) in [6.07, 6.45) is 28.7. The van der Waals surface area contributed by atoms with Crippen LogP contribution in [0.25, 0.3) is 0 Å². The molecule has 1 N–H and O–H groups in total. The Hall–Kier alpha value is -4.50. The van der Waals surface area contributed by atoms with Gasteiger partial charge in [-0.2, -0.15) is 0 Å². The minimum atomic E-state index is 0.339. The number of benzene rings is 3. The van der Waals surface area contributed by atoms with Crippen molar-refractivity contribution in [3.8, 4) is 0 Å². The Bertz CT molecular complexity index is 1710. The summed E-state index contributed by atoms with van der Waals surface area (Å²) in [7, 11) is 0. The number of nitrogens with zero attached hydrogens (tertiary/aromatic N) is 2. The number of anilines is 3. The lowest BCUT2D eigenvalue weighted by molar-refractivity contribution is 0.229. The molecule has 0 spiro atoms. The van der Waals surface area contributed by atoms with Crippen LogP contribution < -0.4 is 10.2 Å². The van der Waals surface area contributed by atoms with Gasteiger partial charge < -0.3 is 15.1 Å². The predicted octanol–water partition coefficient (Wildman–Crippen LogP) is 10.6. The highest BCUT2D eigenvalue weighted by atomic mass is 15.2. The van der Waals surface area contributed by atoms with E-state index in [0.29, 0.717) is 23.9 Å². The largest absolute Gasteiger partial charge is 0.355 e. The van der Waals surface area contributed by atoms with Gasteiger partial charge in [0, 0.05) is 52.0 Å². The van der Waals surface area contributed by atoms with Gasteiger partial charge in [-0.25, -0.2) is 0 Å². The molecular weight excluding hydrogens is 546 g/mol. The van der Waals surface area contributed by atoms with E-state index in [9.17, 15) is 0 Å². The van der Waals surface area contributed by atoms with Crippen LogP contribution in [0.4, 0.5) is 17.1 Å². The number of fused-ring (bicyclic) bond motifs is 2. The summed E-state index contributed by atoms with van der Waals surface area (Å²) < 4.78 is 0. The van der Waals surface area contributed by atoms with Crippen molar-refractivity contribution in [2.75, 3.05) is 10.2 Å². The van der Waals surface area contributed by atoms with Crippen molar-refractivity contribution in [2.45, 2.75) is 69.4 Å². The molecule has 8 rings (SSSR count). The number of allylic oxidation sites excluding steroid dienone is 8. The lowest BCUT2D eigenvalue weighted by atomic mass is 9.77. The molecule has 45 heavy (non-hydrogen) atoms. The first-order valence-electron chi connectivity index (χ1n) is 17.0. The maximum Gasteiger partial charge on any atom is 0.0605 e. The minimum absolute atomic E-state index is 0.339. The Balaban J connectivity index is 1.14. The van der Waals surface area contributed by atoms with Crippen LogP contribution in [0.15, 0.2) is 156 Å². The summed E-state index contributed by atoms with van der Waals surface area (Å²) in [5.74, 6) is 0.923. The highest BCUT2D eigenvalue weighted by molar-refractivity contribution is 5.69. The first-order chi connectivity index (χ1) is 22.3. The van der Waals surface area contributed by atoms with Crippen molar-refractivity contribution in [3.63, 3.8) is 0 Å². The van der Waals surface area contributed by atoms with E-state index in [0.717, 1.165) is 37.1 Å². The van der Waals surface area contributed by atoms with E-state index in [4.69, 9.17) is 0 Å². The zero-order valence-corrected chi connectivity index (χ0v) is 26.1. The third-order valence-corrected chi connectivity index (χ3v) is 10.4. The first-order valence-corrected chi connectivity index (χ1v) is 17.0. The summed E-state index contributed by atoms with van der Waals surface area (Å²) >= 11 is 0. The minimum Gasteiger partial charge on any atom is -0.355 e. The monoisotopic (exact) mass is 589 g/mol. The van der Waals surface area contributed by atoms with E-state index in [2.05, 4.69) is 149 Å². The van der Waals surface area contributed by atoms with Crippen LogP contribution in [0.2, 0.25) is 0 Å². The van der Waals surface area contributed by atoms with Gasteiger partial charge >= 0.3 is 0 Å². The van der Waals surface area contributed by atoms with Gasteiger partial charge in [-0.15, -0.1) is 0 Å². The van der Waals surface area contributed by atoms with Crippen LogP contribution in [0.1, 0.15) is 62.8 Å². The molecule has 3 heteroatoms. The SMILES string of the molecule is C1=CCCC(N(C2=CCC(c3ccccc3)C=C2)C2CC=CC3C2C2=C(CCCC2)N3c2cccc(Nc3ccccc3)c2)=C1. The smallest absolute Gasteiger partial charge is 0.0605 e. The number of nitrogens with one attached hydrogen (secondary N) is 1. The topological polar surface area (TPSA) is 18.5 Å². The molecule has 3 aromatic carbocycles. The summed E-state index contributed by atoms with van der Waals surface area (Å²) in [6, 6.07) is 31.3. The second-order valence-corrected chi connectivity index (χ2v) is 13.1. The second-order valence-electron chi connectivity index (χ2n) is 13.1. The van der Waals surface area contributed by atoms with Gasteiger partial charge in [-0.1, -0.05) is 91.1 Å². The molecule has 1 heterocycles. The van der Waals surface area contributed by atoms with Crippen LogP contribution in [0.5, 0.6) is 0 Å². The molecule has 0 aromatic heterocycles. The first kappa shape index (κ1) is 28.0. The quantitative estimate of drug-likeness (QED) is 0.277. The van der Waals surface area contributed by atoms with Crippen LogP contribution in [-0.4, -0.2) is 17.0 Å². The average molecular weight is 590 g/mol. The lowest BCUT2D eigenvalue weighted by Gasteiger charge is -2.45. The number of hydrogen-bond donors (Lipinski definition) is 1. The molecule has 0 saturated heterocycles. The highest BCUT2D eigenvalue weighted by Crippen LogP contribution is 2.51. The predicted molar refractivity (Wildman–Crippen MR) is 188 cm³/mol. The van der Waals surface area contributed by atoms with Gasteiger partial charge in [0.2, 0.25) is 0 Å². The van der Waals surface area contributed by atoms with Gasteiger partial charge in [-0.05, 0) is 105 Å². The fourth-order valence-electron chi connectivity index (χ4n) is 8.37. The molecule has 0 bridgehead atoms. The van der Waals surface area contributed by atoms with E-state index < -0.39 is 0 Å². The van der Waals surface area contributed by atoms with Gasteiger partial charge in [0.25, 0.3) is 0 Å². The van der Waals surface area contributed by atoms with Crippen molar-refractivity contribution in [3.05, 3.63) is 162 Å². The fraction of sp³-hybridized carbons (Fsp3) is 0.286. The van der Waals surface area contributed by atoms with Gasteiger partial charge in [0.15, 0.2) is 0 Å². The fourth-order valence-corrected chi connectivity index (χ4v) is 8.37. The summed E-state index contributed by atoms with van der Waals surface area (Å²) in [5.41, 5.74) is 11.1. The van der Waals surface area contributed by atoms with Gasteiger partial charge in [-0.3, -0.25) is 0 Å². The van der Waals surface area contributed by atoms with Crippen molar-refractivity contribution < 1.29 is 0 Å². The molecule has 4 aliphatic carbocycles. The average Bonchev–Trinajstić information content (AvgIpc) is 3.45. The highest BCUT2D eigenvalue weighted by Gasteiger charge is 2.48. The number of para-hydroxylation sites is 1. The van der Waals surface area contributed by atoms with Crippen molar-refractivity contribution in [1.29, 1.82) is 0 Å². The molecule has 226 valence electrons. The van der Waals surface area contributed by atoms with E-state index >= 15 is 0 Å². The number of hydrogen-bond acceptors (Lipinski definition) is 3. The third kappa shape index (κ3) is 5.50. The maximum atomic E-state index is 3.64. The Kier molecular flexibility index (Phi) is 7.77. The maximum absolute atomic E-state index is 3.64. The van der Waals surface area contributed by atoms with Gasteiger partial charge in [0.1, 0.15) is 0 Å². The van der Waals surface area contributed by atoms with Crippen LogP contribution in [0, 0.1) is 5.92 Å². The number of rotatable bonds is 7. The third-order valence-electron chi connectivity index (χ3n) is 10.4. The molecule has 1 aliphatic heterocycles. The van der Waals surface area contributed by atoms with E-state index in [1.54, 1.807) is 11.3 Å². The second kappa shape index (κ2) is 12.5. The van der Waals surface area contributed by atoms with E-state index in [1.807, 2.05) is 0 Å². The summed E-state index contributed by atoms with van der Waals surface area (Å²) in [4.78, 5) is 5.47. The van der Waals surface area contributed by atoms with Crippen LogP contribution in [-0.2, 0) is 0 Å². The Morgan fingerprint density at radius 3 is 2.38 bits per heavy atom. The molecule has 4 atom stereocenters. The zero-order chi connectivity index (χ0) is 30.0. The molecule has 3 aromatic rings. The molecule has 0 saturated carbocycles. The normalized spacial score (nSPS) is 25.4. The lowest BCUT2D eigenvalue weighted by Crippen LogP contribution is -2.47. The van der Waals surface area contributed by atoms with Crippen molar-refractivity contribution in [1.82, 2.24) is 4.90 Å².